The van der Waals surface area contributed by atoms with Gasteiger partial charge in [0.2, 0.25) is 0 Å². The molecule has 0 saturated carbocycles. The number of H-pyrrole nitrogens is 1. The summed E-state index contributed by atoms with van der Waals surface area (Å²) in [5.41, 5.74) is 10.6. The molecular weight excluding hydrogens is 402 g/mol. The summed E-state index contributed by atoms with van der Waals surface area (Å²) >= 11 is 0. The number of hydrogen-bond donors (Lipinski definition) is 4. The Labute approximate surface area is 169 Å². The van der Waals surface area contributed by atoms with Crippen LogP contribution in [0.5, 0.6) is 0 Å². The Morgan fingerprint density at radius 1 is 1.17 bits per heavy atom. The summed E-state index contributed by atoms with van der Waals surface area (Å²) < 4.78 is 54.0. The number of nitrogens with two attached hydrogens (primary N) is 2. The molecule has 0 bridgehead atoms. The molecule has 3 rings (SSSR count). The molecule has 1 amide bonds. The van der Waals surface area contributed by atoms with Gasteiger partial charge in [0, 0.05) is 12.6 Å². The number of imidazole rings is 1. The van der Waals surface area contributed by atoms with Crippen LogP contribution < -0.4 is 16.8 Å². The van der Waals surface area contributed by atoms with Crippen LogP contribution in [0.4, 0.5) is 17.6 Å². The quantitative estimate of drug-likeness (QED) is 0.438. The van der Waals surface area contributed by atoms with E-state index in [1.165, 1.54) is 18.2 Å². The highest BCUT2D eigenvalue weighted by molar-refractivity contribution is 5.96. The molecular formula is C20H21F4N5O. The minimum Gasteiger partial charge on any atom is -0.348 e. The first-order chi connectivity index (χ1) is 14.2. The third kappa shape index (κ3) is 4.95. The average molecular weight is 423 g/mol. The number of carbonyl (C=O) groups excluding carboxylic acids is 1. The molecule has 6 nitrogen and oxygen atoms in total. The van der Waals surface area contributed by atoms with Crippen LogP contribution in [0.1, 0.15) is 29.0 Å². The van der Waals surface area contributed by atoms with Gasteiger partial charge in [0.15, 0.2) is 5.82 Å². The number of rotatable bonds is 7. The number of amides is 1. The number of carbonyl (C=O) groups is 1. The molecule has 0 fully saturated rings. The van der Waals surface area contributed by atoms with Crippen LogP contribution in [0.15, 0.2) is 36.4 Å². The fourth-order valence-electron chi connectivity index (χ4n) is 3.04. The van der Waals surface area contributed by atoms with Crippen LogP contribution in [0.2, 0.25) is 0 Å². The minimum absolute atomic E-state index is 0.0433. The lowest BCUT2D eigenvalue weighted by molar-refractivity contribution is -0.136. The molecule has 0 aliphatic carbocycles. The van der Waals surface area contributed by atoms with Gasteiger partial charge in [-0.05, 0) is 54.8 Å². The van der Waals surface area contributed by atoms with E-state index in [0.29, 0.717) is 24.9 Å². The van der Waals surface area contributed by atoms with Gasteiger partial charge >= 0.3 is 6.18 Å². The van der Waals surface area contributed by atoms with Gasteiger partial charge in [-0.15, -0.1) is 0 Å². The molecule has 2 aromatic carbocycles. The van der Waals surface area contributed by atoms with Gasteiger partial charge < -0.3 is 21.8 Å². The van der Waals surface area contributed by atoms with Crippen LogP contribution in [0.3, 0.4) is 0 Å². The first kappa shape index (κ1) is 21.7. The molecule has 6 N–H and O–H groups in total. The topological polar surface area (TPSA) is 110 Å². The second kappa shape index (κ2) is 8.80. The fraction of sp³-hybridized carbons (Fsp3) is 0.300. The van der Waals surface area contributed by atoms with Gasteiger partial charge in [-0.1, -0.05) is 12.1 Å². The number of nitrogens with zero attached hydrogens (tertiary/aromatic N) is 1. The second-order valence-corrected chi connectivity index (χ2v) is 6.91. The van der Waals surface area contributed by atoms with Crippen molar-refractivity contribution in [1.82, 2.24) is 15.3 Å². The summed E-state index contributed by atoms with van der Waals surface area (Å²) in [6, 6.07) is 7.12. The molecule has 0 aliphatic rings. The third-order valence-corrected chi connectivity index (χ3v) is 4.59. The Morgan fingerprint density at radius 2 is 1.87 bits per heavy atom. The maximum atomic E-state index is 13.6. The maximum absolute atomic E-state index is 13.6. The first-order valence-electron chi connectivity index (χ1n) is 9.29. The summed E-state index contributed by atoms with van der Waals surface area (Å²) in [6.07, 6.45) is -3.39. The first-order valence-corrected chi connectivity index (χ1v) is 9.29. The summed E-state index contributed by atoms with van der Waals surface area (Å²) in [4.78, 5) is 18.8. The van der Waals surface area contributed by atoms with Crippen LogP contribution >= 0.6 is 0 Å². The standard InChI is InChI=1S/C20H21F4N5O/c21-13-5-3-11(4-6-13)12-8-15(20(22,23)24)17-16(9-12)28-18(29-17)19(30)27-10-14(26)2-1-7-25/h3-6,8-9,14H,1-2,7,10,25-26H2,(H,27,30)(H,28,29)/t14-/m0/s1. The highest BCUT2D eigenvalue weighted by atomic mass is 19.4. The van der Waals surface area contributed by atoms with Gasteiger partial charge in [-0.2, -0.15) is 13.2 Å². The Morgan fingerprint density at radius 3 is 2.50 bits per heavy atom. The number of hydrogen-bond acceptors (Lipinski definition) is 4. The van der Waals surface area contributed by atoms with E-state index in [2.05, 4.69) is 15.3 Å². The fourth-order valence-corrected chi connectivity index (χ4v) is 3.04. The molecule has 3 aromatic rings. The van der Waals surface area contributed by atoms with Crippen LogP contribution in [-0.2, 0) is 6.18 Å². The highest BCUT2D eigenvalue weighted by Gasteiger charge is 2.35. The van der Waals surface area contributed by atoms with Crippen molar-refractivity contribution in [3.05, 3.63) is 53.6 Å². The smallest absolute Gasteiger partial charge is 0.348 e. The van der Waals surface area contributed by atoms with Crippen LogP contribution in [0.25, 0.3) is 22.2 Å². The monoisotopic (exact) mass is 423 g/mol. The zero-order valence-corrected chi connectivity index (χ0v) is 15.9. The van der Waals surface area contributed by atoms with E-state index in [9.17, 15) is 22.4 Å². The van der Waals surface area contributed by atoms with Gasteiger partial charge in [-0.25, -0.2) is 9.37 Å². The molecule has 1 atom stereocenters. The molecule has 0 aliphatic heterocycles. The van der Waals surface area contributed by atoms with E-state index >= 15 is 0 Å². The molecule has 30 heavy (non-hydrogen) atoms. The lowest BCUT2D eigenvalue weighted by Gasteiger charge is -2.11. The Hall–Kier alpha value is -2.98. The number of aromatic amines is 1. The van der Waals surface area contributed by atoms with Gasteiger partial charge in [0.25, 0.3) is 5.91 Å². The zero-order valence-electron chi connectivity index (χ0n) is 15.9. The summed E-state index contributed by atoms with van der Waals surface area (Å²) in [6.45, 7) is 0.616. The van der Waals surface area contributed by atoms with Crippen molar-refractivity contribution >= 4 is 16.9 Å². The van der Waals surface area contributed by atoms with E-state index in [4.69, 9.17) is 11.5 Å². The molecule has 0 radical (unpaired) electrons. The number of halogens is 4. The molecule has 10 heteroatoms. The molecule has 1 aromatic heterocycles. The molecule has 0 unspecified atom stereocenters. The number of alkyl halides is 3. The largest absolute Gasteiger partial charge is 0.418 e. The van der Waals surface area contributed by atoms with Crippen molar-refractivity contribution in [1.29, 1.82) is 0 Å². The SMILES string of the molecule is NCCC[C@H](N)CNC(=O)c1nc2c(C(F)(F)F)cc(-c3ccc(F)cc3)cc2[nH]1. The summed E-state index contributed by atoms with van der Waals surface area (Å²) in [7, 11) is 0. The van der Waals surface area contributed by atoms with Crippen molar-refractivity contribution in [2.45, 2.75) is 25.1 Å². The molecule has 160 valence electrons. The lowest BCUT2D eigenvalue weighted by atomic mass is 10.0. The number of aromatic nitrogens is 2. The normalized spacial score (nSPS) is 12.9. The van der Waals surface area contributed by atoms with Crippen LogP contribution in [0, 0.1) is 5.82 Å². The van der Waals surface area contributed by atoms with E-state index in [0.717, 1.165) is 18.2 Å². The van der Waals surface area contributed by atoms with Gasteiger partial charge in [0.1, 0.15) is 11.3 Å². The lowest BCUT2D eigenvalue weighted by Crippen LogP contribution is -2.37. The van der Waals surface area contributed by atoms with Crippen LogP contribution in [-0.4, -0.2) is 35.0 Å². The zero-order chi connectivity index (χ0) is 21.9. The van der Waals surface area contributed by atoms with E-state index in [1.807, 2.05) is 0 Å². The molecule has 0 spiro atoms. The molecule has 0 saturated heterocycles. The summed E-state index contributed by atoms with van der Waals surface area (Å²) in [5.74, 6) is -1.41. The minimum atomic E-state index is -4.69. The number of benzene rings is 2. The third-order valence-electron chi connectivity index (χ3n) is 4.59. The van der Waals surface area contributed by atoms with Crippen molar-refractivity contribution in [3.8, 4) is 11.1 Å². The van der Waals surface area contributed by atoms with Crippen molar-refractivity contribution in [2.75, 3.05) is 13.1 Å². The van der Waals surface area contributed by atoms with E-state index in [1.54, 1.807) is 0 Å². The second-order valence-electron chi connectivity index (χ2n) is 6.91. The van der Waals surface area contributed by atoms with Crippen molar-refractivity contribution < 1.29 is 22.4 Å². The number of nitrogens with one attached hydrogen (secondary N) is 2. The maximum Gasteiger partial charge on any atom is 0.418 e. The van der Waals surface area contributed by atoms with Crippen molar-refractivity contribution in [3.63, 3.8) is 0 Å². The summed E-state index contributed by atoms with van der Waals surface area (Å²) in [5, 5.41) is 2.56. The Balaban J connectivity index is 1.94. The molecule has 1 heterocycles. The number of fused-ring (bicyclic) bond motifs is 1. The predicted octanol–water partition coefficient (Wildman–Crippen LogP) is 3.18. The predicted molar refractivity (Wildman–Crippen MR) is 105 cm³/mol. The Kier molecular flexibility index (Phi) is 6.37. The van der Waals surface area contributed by atoms with E-state index < -0.39 is 23.5 Å². The highest BCUT2D eigenvalue weighted by Crippen LogP contribution is 2.37. The Bertz CT molecular complexity index is 1030. The van der Waals surface area contributed by atoms with Crippen molar-refractivity contribution in [2.24, 2.45) is 11.5 Å². The average Bonchev–Trinajstić information content (AvgIpc) is 3.13. The van der Waals surface area contributed by atoms with Gasteiger partial charge in [0.05, 0.1) is 11.1 Å². The van der Waals surface area contributed by atoms with Gasteiger partial charge in [-0.3, -0.25) is 4.79 Å². The van der Waals surface area contributed by atoms with E-state index in [-0.39, 0.29) is 35.0 Å².